The Bertz CT molecular complexity index is 110. The van der Waals surface area contributed by atoms with Crippen LogP contribution >= 0.6 is 0 Å². The maximum absolute atomic E-state index is 2.43. The maximum atomic E-state index is 2.43. The molecular weight excluding hydrogens is 108 g/mol. The Hall–Kier alpha value is 0. The summed E-state index contributed by atoms with van der Waals surface area (Å²) in [5.41, 5.74) is 0. The van der Waals surface area contributed by atoms with Gasteiger partial charge in [0, 0.05) is 0 Å². The third-order valence-electron chi connectivity index (χ3n) is 3.90. The summed E-state index contributed by atoms with van der Waals surface area (Å²) in [6, 6.07) is 0. The van der Waals surface area contributed by atoms with Crippen molar-refractivity contribution in [3.63, 3.8) is 0 Å². The zero-order valence-electron chi connectivity index (χ0n) is 6.59. The van der Waals surface area contributed by atoms with Gasteiger partial charge in [-0.2, -0.15) is 0 Å². The van der Waals surface area contributed by atoms with Gasteiger partial charge in [-0.25, -0.2) is 0 Å². The summed E-state index contributed by atoms with van der Waals surface area (Å²) in [5, 5.41) is 0. The molecule has 0 bridgehead atoms. The highest BCUT2D eigenvalue weighted by molar-refractivity contribution is 5.02. The fraction of sp³-hybridized carbons (Fsp3) is 1.00. The van der Waals surface area contributed by atoms with E-state index in [4.69, 9.17) is 0 Å². The molecule has 4 atom stereocenters. The van der Waals surface area contributed by atoms with Crippen LogP contribution in [-0.4, -0.2) is 0 Å². The van der Waals surface area contributed by atoms with Crippen LogP contribution in [0.5, 0.6) is 0 Å². The molecule has 0 nitrogen and oxygen atoms in total. The summed E-state index contributed by atoms with van der Waals surface area (Å²) in [6.07, 6.45) is 1.55. The van der Waals surface area contributed by atoms with Gasteiger partial charge in [-0.1, -0.05) is 20.8 Å². The summed E-state index contributed by atoms with van der Waals surface area (Å²) < 4.78 is 0. The summed E-state index contributed by atoms with van der Waals surface area (Å²) in [7, 11) is 0. The standard InChI is InChI=1S/C9H16/c1-5-6(2)8-4-9(8)7(5)3/h5-9H,4H2,1-3H3. The molecule has 0 aromatic rings. The zero-order chi connectivity index (χ0) is 6.59. The molecule has 4 unspecified atom stereocenters. The second-order valence-corrected chi connectivity index (χ2v) is 4.14. The van der Waals surface area contributed by atoms with E-state index in [1.54, 1.807) is 6.42 Å². The molecule has 0 aromatic heterocycles. The van der Waals surface area contributed by atoms with Crippen molar-refractivity contribution in [3.8, 4) is 0 Å². The SMILES string of the molecule is CC1C(C)C2CC2C1C. The first-order valence-corrected chi connectivity index (χ1v) is 4.22. The Labute approximate surface area is 57.6 Å². The molecule has 52 valence electrons. The predicted molar refractivity (Wildman–Crippen MR) is 39.1 cm³/mol. The van der Waals surface area contributed by atoms with Crippen LogP contribution in [-0.2, 0) is 0 Å². The second kappa shape index (κ2) is 1.53. The van der Waals surface area contributed by atoms with Crippen molar-refractivity contribution < 1.29 is 0 Å². The van der Waals surface area contributed by atoms with Gasteiger partial charge >= 0.3 is 0 Å². The Kier molecular flexibility index (Phi) is 0.980. The topological polar surface area (TPSA) is 0 Å². The fourth-order valence-corrected chi connectivity index (χ4v) is 2.70. The third-order valence-corrected chi connectivity index (χ3v) is 3.90. The van der Waals surface area contributed by atoms with Gasteiger partial charge in [0.1, 0.15) is 0 Å². The molecule has 0 amide bonds. The molecule has 0 saturated heterocycles. The van der Waals surface area contributed by atoms with Crippen molar-refractivity contribution in [2.75, 3.05) is 0 Å². The van der Waals surface area contributed by atoms with E-state index in [-0.39, 0.29) is 0 Å². The van der Waals surface area contributed by atoms with E-state index in [0.29, 0.717) is 0 Å². The third kappa shape index (κ3) is 0.595. The lowest BCUT2D eigenvalue weighted by atomic mass is 9.88. The van der Waals surface area contributed by atoms with Crippen LogP contribution in [0.15, 0.2) is 0 Å². The Balaban J connectivity index is 2.14. The molecule has 2 saturated carbocycles. The smallest absolute Gasteiger partial charge is 0.0352 e. The monoisotopic (exact) mass is 124 g/mol. The number of hydrogen-bond acceptors (Lipinski definition) is 0. The number of rotatable bonds is 0. The van der Waals surface area contributed by atoms with E-state index in [0.717, 1.165) is 29.6 Å². The van der Waals surface area contributed by atoms with Gasteiger partial charge in [0.15, 0.2) is 0 Å². The fourth-order valence-electron chi connectivity index (χ4n) is 2.70. The molecule has 0 aliphatic heterocycles. The van der Waals surface area contributed by atoms with Crippen molar-refractivity contribution >= 4 is 0 Å². The van der Waals surface area contributed by atoms with E-state index in [1.807, 2.05) is 0 Å². The molecule has 2 aliphatic carbocycles. The van der Waals surface area contributed by atoms with E-state index in [9.17, 15) is 0 Å². The molecule has 2 aliphatic rings. The van der Waals surface area contributed by atoms with Crippen molar-refractivity contribution in [1.29, 1.82) is 0 Å². The van der Waals surface area contributed by atoms with Crippen molar-refractivity contribution in [3.05, 3.63) is 0 Å². The van der Waals surface area contributed by atoms with Crippen LogP contribution in [0.4, 0.5) is 0 Å². The van der Waals surface area contributed by atoms with Gasteiger partial charge in [0.2, 0.25) is 0 Å². The predicted octanol–water partition coefficient (Wildman–Crippen LogP) is 2.54. The lowest BCUT2D eigenvalue weighted by Gasteiger charge is -2.17. The highest BCUT2D eigenvalue weighted by atomic mass is 14.6. The molecule has 2 fully saturated rings. The minimum Gasteiger partial charge on any atom is -0.0620 e. The van der Waals surface area contributed by atoms with E-state index in [2.05, 4.69) is 20.8 Å². The van der Waals surface area contributed by atoms with Gasteiger partial charge in [-0.15, -0.1) is 0 Å². The molecular formula is C9H16. The van der Waals surface area contributed by atoms with E-state index in [1.165, 1.54) is 0 Å². The van der Waals surface area contributed by atoms with Crippen LogP contribution in [0.25, 0.3) is 0 Å². The van der Waals surface area contributed by atoms with Crippen molar-refractivity contribution in [1.82, 2.24) is 0 Å². The molecule has 0 N–H and O–H groups in total. The molecule has 0 aromatic carbocycles. The summed E-state index contributed by atoms with van der Waals surface area (Å²) in [4.78, 5) is 0. The normalized spacial score (nSPS) is 63.7. The van der Waals surface area contributed by atoms with Gasteiger partial charge < -0.3 is 0 Å². The first kappa shape index (κ1) is 5.76. The number of fused-ring (bicyclic) bond motifs is 1. The van der Waals surface area contributed by atoms with Gasteiger partial charge in [-0.05, 0) is 36.0 Å². The van der Waals surface area contributed by atoms with Gasteiger partial charge in [0.25, 0.3) is 0 Å². The van der Waals surface area contributed by atoms with Crippen LogP contribution < -0.4 is 0 Å². The largest absolute Gasteiger partial charge is 0.0620 e. The summed E-state index contributed by atoms with van der Waals surface area (Å²) in [6.45, 7) is 7.28. The molecule has 0 radical (unpaired) electrons. The van der Waals surface area contributed by atoms with Crippen LogP contribution in [0.3, 0.4) is 0 Å². The highest BCUT2D eigenvalue weighted by Gasteiger charge is 2.53. The second-order valence-electron chi connectivity index (χ2n) is 4.14. The average Bonchev–Trinajstić information content (AvgIpc) is 2.56. The Morgan fingerprint density at radius 3 is 1.44 bits per heavy atom. The minimum absolute atomic E-state index is 1.01. The lowest BCUT2D eigenvalue weighted by Crippen LogP contribution is -2.10. The summed E-state index contributed by atoms with van der Waals surface area (Å²) in [5.74, 6) is 5.34. The van der Waals surface area contributed by atoms with E-state index < -0.39 is 0 Å². The van der Waals surface area contributed by atoms with Crippen LogP contribution in [0.2, 0.25) is 0 Å². The quantitative estimate of drug-likeness (QED) is 0.465. The van der Waals surface area contributed by atoms with Crippen molar-refractivity contribution in [2.24, 2.45) is 29.6 Å². The first-order chi connectivity index (χ1) is 4.22. The summed E-state index contributed by atoms with van der Waals surface area (Å²) >= 11 is 0. The number of hydrogen-bond donors (Lipinski definition) is 0. The Morgan fingerprint density at radius 2 is 1.22 bits per heavy atom. The highest BCUT2D eigenvalue weighted by Crippen LogP contribution is 2.60. The molecule has 2 rings (SSSR count). The Morgan fingerprint density at radius 1 is 0.778 bits per heavy atom. The first-order valence-electron chi connectivity index (χ1n) is 4.22. The lowest BCUT2D eigenvalue weighted by molar-refractivity contribution is 0.317. The molecule has 9 heavy (non-hydrogen) atoms. The van der Waals surface area contributed by atoms with Gasteiger partial charge in [-0.3, -0.25) is 0 Å². The molecule has 0 heterocycles. The van der Waals surface area contributed by atoms with Crippen molar-refractivity contribution in [2.45, 2.75) is 27.2 Å². The van der Waals surface area contributed by atoms with E-state index >= 15 is 0 Å². The molecule has 0 spiro atoms. The van der Waals surface area contributed by atoms with Gasteiger partial charge in [0.05, 0.1) is 0 Å². The maximum Gasteiger partial charge on any atom is -0.0352 e. The average molecular weight is 124 g/mol. The molecule has 0 heteroatoms. The zero-order valence-corrected chi connectivity index (χ0v) is 6.59. The minimum atomic E-state index is 1.01. The van der Waals surface area contributed by atoms with Crippen LogP contribution in [0, 0.1) is 29.6 Å². The van der Waals surface area contributed by atoms with Crippen LogP contribution in [0.1, 0.15) is 27.2 Å².